The fraction of sp³-hybridized carbons (Fsp3) is 0.500. The van der Waals surface area contributed by atoms with E-state index in [2.05, 4.69) is 0 Å². The van der Waals surface area contributed by atoms with E-state index >= 15 is 0 Å². The van der Waals surface area contributed by atoms with Gasteiger partial charge >= 0.3 is 0 Å². The molecule has 0 fully saturated rings. The van der Waals surface area contributed by atoms with Gasteiger partial charge in [-0.2, -0.15) is 0 Å². The highest BCUT2D eigenvalue weighted by Crippen LogP contribution is 2.39. The average molecular weight is 242 g/mol. The third kappa shape index (κ3) is 2.11. The minimum Gasteiger partial charge on any atom is -0.493 e. The van der Waals surface area contributed by atoms with Crippen molar-refractivity contribution in [3.05, 3.63) is 22.7 Å². The van der Waals surface area contributed by atoms with E-state index in [1.165, 1.54) is 0 Å². The summed E-state index contributed by atoms with van der Waals surface area (Å²) in [4.78, 5) is 0. The number of benzene rings is 1. The van der Waals surface area contributed by atoms with E-state index in [0.717, 1.165) is 17.7 Å². The molecular formula is C12H16ClNO2. The predicted octanol–water partition coefficient (Wildman–Crippen LogP) is 2.25. The van der Waals surface area contributed by atoms with Crippen LogP contribution in [-0.4, -0.2) is 19.8 Å². The first-order valence-corrected chi connectivity index (χ1v) is 5.74. The van der Waals surface area contributed by atoms with Gasteiger partial charge in [0.2, 0.25) is 0 Å². The second kappa shape index (κ2) is 4.52. The largest absolute Gasteiger partial charge is 0.493 e. The SMILES string of the molecule is COc1cc(Cl)cc2c1OCC(C(C)N)C2. The fourth-order valence-electron chi connectivity index (χ4n) is 1.96. The maximum absolute atomic E-state index is 6.02. The van der Waals surface area contributed by atoms with Crippen molar-refractivity contribution in [2.24, 2.45) is 11.7 Å². The van der Waals surface area contributed by atoms with E-state index in [1.54, 1.807) is 13.2 Å². The van der Waals surface area contributed by atoms with Crippen LogP contribution in [0, 0.1) is 5.92 Å². The van der Waals surface area contributed by atoms with Gasteiger partial charge in [0.25, 0.3) is 0 Å². The van der Waals surface area contributed by atoms with E-state index in [1.807, 2.05) is 13.0 Å². The maximum Gasteiger partial charge on any atom is 0.164 e. The van der Waals surface area contributed by atoms with Crippen LogP contribution in [0.1, 0.15) is 12.5 Å². The lowest BCUT2D eigenvalue weighted by molar-refractivity contribution is 0.196. The molecule has 0 aliphatic carbocycles. The minimum absolute atomic E-state index is 0.123. The minimum atomic E-state index is 0.123. The number of nitrogens with two attached hydrogens (primary N) is 1. The molecule has 1 aliphatic rings. The van der Waals surface area contributed by atoms with E-state index in [4.69, 9.17) is 26.8 Å². The highest BCUT2D eigenvalue weighted by atomic mass is 35.5. The summed E-state index contributed by atoms with van der Waals surface area (Å²) in [6.45, 7) is 2.64. The first-order valence-electron chi connectivity index (χ1n) is 5.36. The molecule has 3 nitrogen and oxygen atoms in total. The van der Waals surface area contributed by atoms with Crippen molar-refractivity contribution in [3.63, 3.8) is 0 Å². The van der Waals surface area contributed by atoms with Crippen LogP contribution in [0.5, 0.6) is 11.5 Å². The van der Waals surface area contributed by atoms with E-state index in [-0.39, 0.29) is 6.04 Å². The Kier molecular flexibility index (Phi) is 3.26. The third-order valence-corrected chi connectivity index (χ3v) is 3.20. The number of hydrogen-bond donors (Lipinski definition) is 1. The molecule has 2 N–H and O–H groups in total. The highest BCUT2D eigenvalue weighted by molar-refractivity contribution is 6.30. The van der Waals surface area contributed by atoms with E-state index < -0.39 is 0 Å². The average Bonchev–Trinajstić information content (AvgIpc) is 2.26. The quantitative estimate of drug-likeness (QED) is 0.864. The third-order valence-electron chi connectivity index (χ3n) is 2.98. The molecule has 2 rings (SSSR count). The number of fused-ring (bicyclic) bond motifs is 1. The van der Waals surface area contributed by atoms with Gasteiger partial charge in [-0.3, -0.25) is 0 Å². The molecule has 2 atom stereocenters. The molecule has 16 heavy (non-hydrogen) atoms. The first-order chi connectivity index (χ1) is 7.61. The van der Waals surface area contributed by atoms with Crippen LogP contribution >= 0.6 is 11.6 Å². The Balaban J connectivity index is 2.35. The molecule has 1 heterocycles. The molecular weight excluding hydrogens is 226 g/mol. The lowest BCUT2D eigenvalue weighted by atomic mass is 9.91. The molecule has 0 bridgehead atoms. The zero-order valence-electron chi connectivity index (χ0n) is 9.50. The molecule has 88 valence electrons. The summed E-state index contributed by atoms with van der Waals surface area (Å²) in [5.41, 5.74) is 6.97. The van der Waals surface area contributed by atoms with Crippen LogP contribution in [0.2, 0.25) is 5.02 Å². The molecule has 0 spiro atoms. The van der Waals surface area contributed by atoms with Gasteiger partial charge in [0, 0.05) is 23.0 Å². The Labute approximate surface area is 100 Å². The Morgan fingerprint density at radius 3 is 2.94 bits per heavy atom. The normalized spacial score (nSPS) is 20.9. The Morgan fingerprint density at radius 2 is 2.31 bits per heavy atom. The van der Waals surface area contributed by atoms with Gasteiger partial charge in [0.05, 0.1) is 13.7 Å². The summed E-state index contributed by atoms with van der Waals surface area (Å²) < 4.78 is 11.0. The standard InChI is InChI=1S/C12H16ClNO2/c1-7(14)9-3-8-4-10(13)5-11(15-2)12(8)16-6-9/h4-5,7,9H,3,6,14H2,1-2H3. The van der Waals surface area contributed by atoms with Crippen LogP contribution in [0.4, 0.5) is 0 Å². The lowest BCUT2D eigenvalue weighted by Gasteiger charge is -2.28. The molecule has 0 aromatic heterocycles. The fourth-order valence-corrected chi connectivity index (χ4v) is 2.19. The van der Waals surface area contributed by atoms with Gasteiger partial charge in [-0.25, -0.2) is 0 Å². The van der Waals surface area contributed by atoms with Crippen LogP contribution in [0.15, 0.2) is 12.1 Å². The van der Waals surface area contributed by atoms with Crippen molar-refractivity contribution in [1.29, 1.82) is 0 Å². The zero-order valence-corrected chi connectivity index (χ0v) is 10.3. The zero-order chi connectivity index (χ0) is 11.7. The lowest BCUT2D eigenvalue weighted by Crippen LogP contribution is -2.35. The summed E-state index contributed by atoms with van der Waals surface area (Å²) in [6, 6.07) is 3.82. The molecule has 0 radical (unpaired) electrons. The molecule has 1 aromatic rings. The number of halogens is 1. The summed E-state index contributed by atoms with van der Waals surface area (Å²) in [5.74, 6) is 1.85. The van der Waals surface area contributed by atoms with Crippen LogP contribution in [-0.2, 0) is 6.42 Å². The molecule has 4 heteroatoms. The van der Waals surface area contributed by atoms with Crippen LogP contribution in [0.3, 0.4) is 0 Å². The molecule has 0 saturated carbocycles. The molecule has 0 amide bonds. The monoisotopic (exact) mass is 241 g/mol. The molecule has 1 aromatic carbocycles. The molecule has 1 aliphatic heterocycles. The number of methoxy groups -OCH3 is 1. The van der Waals surface area contributed by atoms with Crippen molar-refractivity contribution in [2.45, 2.75) is 19.4 Å². The second-order valence-corrected chi connectivity index (χ2v) is 4.67. The van der Waals surface area contributed by atoms with E-state index in [9.17, 15) is 0 Å². The van der Waals surface area contributed by atoms with Crippen molar-refractivity contribution in [3.8, 4) is 11.5 Å². The van der Waals surface area contributed by atoms with Gasteiger partial charge in [-0.15, -0.1) is 0 Å². The summed E-state index contributed by atoms with van der Waals surface area (Å²) in [6.07, 6.45) is 0.893. The summed E-state index contributed by atoms with van der Waals surface area (Å²) in [7, 11) is 1.62. The Hall–Kier alpha value is -0.930. The Bertz CT molecular complexity index is 393. The van der Waals surface area contributed by atoms with Crippen molar-refractivity contribution < 1.29 is 9.47 Å². The maximum atomic E-state index is 6.02. The van der Waals surface area contributed by atoms with Crippen molar-refractivity contribution in [2.75, 3.05) is 13.7 Å². The topological polar surface area (TPSA) is 44.5 Å². The molecule has 2 unspecified atom stereocenters. The summed E-state index contributed by atoms with van der Waals surface area (Å²) in [5, 5.41) is 0.671. The molecule has 0 saturated heterocycles. The van der Waals surface area contributed by atoms with Gasteiger partial charge in [0.15, 0.2) is 11.5 Å². The Morgan fingerprint density at radius 1 is 1.56 bits per heavy atom. The van der Waals surface area contributed by atoms with Gasteiger partial charge in [-0.05, 0) is 25.0 Å². The smallest absolute Gasteiger partial charge is 0.164 e. The van der Waals surface area contributed by atoms with Crippen molar-refractivity contribution in [1.82, 2.24) is 0 Å². The van der Waals surface area contributed by atoms with Gasteiger partial charge in [-0.1, -0.05) is 11.6 Å². The number of hydrogen-bond acceptors (Lipinski definition) is 3. The van der Waals surface area contributed by atoms with Crippen LogP contribution < -0.4 is 15.2 Å². The second-order valence-electron chi connectivity index (χ2n) is 4.23. The van der Waals surface area contributed by atoms with Gasteiger partial charge < -0.3 is 15.2 Å². The van der Waals surface area contributed by atoms with Crippen LogP contribution in [0.25, 0.3) is 0 Å². The highest BCUT2D eigenvalue weighted by Gasteiger charge is 2.25. The number of rotatable bonds is 2. The van der Waals surface area contributed by atoms with Gasteiger partial charge in [0.1, 0.15) is 0 Å². The first kappa shape index (κ1) is 11.6. The van der Waals surface area contributed by atoms with Crippen molar-refractivity contribution >= 4 is 11.6 Å². The predicted molar refractivity (Wildman–Crippen MR) is 64.3 cm³/mol. The summed E-state index contributed by atoms with van der Waals surface area (Å²) >= 11 is 6.02. The van der Waals surface area contributed by atoms with E-state index in [0.29, 0.717) is 23.3 Å². The number of ether oxygens (including phenoxy) is 2.